The summed E-state index contributed by atoms with van der Waals surface area (Å²) in [6.07, 6.45) is 2.82. The lowest BCUT2D eigenvalue weighted by molar-refractivity contribution is 0.0901. The summed E-state index contributed by atoms with van der Waals surface area (Å²) in [5, 5.41) is 3.56. The minimum atomic E-state index is 0.357. The van der Waals surface area contributed by atoms with Crippen molar-refractivity contribution in [1.29, 1.82) is 0 Å². The van der Waals surface area contributed by atoms with Crippen molar-refractivity contribution < 1.29 is 4.74 Å². The van der Waals surface area contributed by atoms with Crippen molar-refractivity contribution in [3.63, 3.8) is 0 Å². The average Bonchev–Trinajstić information content (AvgIpc) is 2.44. The number of fused-ring (bicyclic) bond motifs is 1. The number of hydrogen-bond acceptors (Lipinski definition) is 3. The first-order valence-corrected chi connectivity index (χ1v) is 6.69. The molecule has 2 aromatic rings. The van der Waals surface area contributed by atoms with E-state index in [0.717, 1.165) is 25.3 Å². The van der Waals surface area contributed by atoms with Crippen molar-refractivity contribution in [3.8, 4) is 0 Å². The molecule has 1 unspecified atom stereocenters. The summed E-state index contributed by atoms with van der Waals surface area (Å²) in [5.74, 6) is 0. The van der Waals surface area contributed by atoms with Crippen molar-refractivity contribution in [3.05, 3.63) is 65.5 Å². The quantitative estimate of drug-likeness (QED) is 0.893. The largest absolute Gasteiger partial charge is 0.374 e. The number of nitrogens with one attached hydrogen (secondary N) is 1. The molecule has 0 saturated heterocycles. The van der Waals surface area contributed by atoms with Crippen LogP contribution >= 0.6 is 0 Å². The van der Waals surface area contributed by atoms with Crippen LogP contribution in [0.2, 0.25) is 0 Å². The van der Waals surface area contributed by atoms with E-state index in [-0.39, 0.29) is 0 Å². The minimum Gasteiger partial charge on any atom is -0.374 e. The third-order valence-corrected chi connectivity index (χ3v) is 3.45. The number of aromatic nitrogens is 1. The Morgan fingerprint density at radius 2 is 2.05 bits per heavy atom. The molecule has 2 heterocycles. The van der Waals surface area contributed by atoms with Crippen LogP contribution in [0.3, 0.4) is 0 Å². The van der Waals surface area contributed by atoms with Gasteiger partial charge in [-0.3, -0.25) is 4.98 Å². The van der Waals surface area contributed by atoms with Gasteiger partial charge in [-0.15, -0.1) is 0 Å². The Balaban J connectivity index is 1.67. The SMILES string of the molecule is c1ccc(CC2COCc3ncccc3CN2)cc1. The highest BCUT2D eigenvalue weighted by molar-refractivity contribution is 5.20. The molecule has 98 valence electrons. The average molecular weight is 254 g/mol. The first-order valence-electron chi connectivity index (χ1n) is 6.69. The first kappa shape index (κ1) is 12.3. The molecule has 1 aromatic carbocycles. The second kappa shape index (κ2) is 5.95. The van der Waals surface area contributed by atoms with Gasteiger partial charge in [0.05, 0.1) is 18.9 Å². The van der Waals surface area contributed by atoms with Gasteiger partial charge in [0.1, 0.15) is 0 Å². The highest BCUT2D eigenvalue weighted by Crippen LogP contribution is 2.12. The van der Waals surface area contributed by atoms with E-state index in [4.69, 9.17) is 4.74 Å². The van der Waals surface area contributed by atoms with Gasteiger partial charge >= 0.3 is 0 Å². The van der Waals surface area contributed by atoms with Gasteiger partial charge in [-0.05, 0) is 23.6 Å². The molecule has 1 aromatic heterocycles. The fraction of sp³-hybridized carbons (Fsp3) is 0.312. The van der Waals surface area contributed by atoms with Crippen LogP contribution in [0.15, 0.2) is 48.7 Å². The predicted octanol–water partition coefficient (Wildman–Crippen LogP) is 2.31. The maximum atomic E-state index is 5.76. The fourth-order valence-corrected chi connectivity index (χ4v) is 2.40. The van der Waals surface area contributed by atoms with Crippen LogP contribution in [-0.4, -0.2) is 17.6 Å². The molecule has 0 spiro atoms. The van der Waals surface area contributed by atoms with E-state index < -0.39 is 0 Å². The van der Waals surface area contributed by atoms with Gasteiger partial charge in [-0.25, -0.2) is 0 Å². The number of benzene rings is 1. The zero-order valence-electron chi connectivity index (χ0n) is 10.9. The molecule has 3 rings (SSSR count). The molecule has 3 heteroatoms. The summed E-state index contributed by atoms with van der Waals surface area (Å²) < 4.78 is 5.76. The van der Waals surface area contributed by atoms with Gasteiger partial charge in [0.25, 0.3) is 0 Å². The Morgan fingerprint density at radius 3 is 2.95 bits per heavy atom. The summed E-state index contributed by atoms with van der Waals surface area (Å²) in [6.45, 7) is 2.21. The molecule has 0 saturated carbocycles. The third-order valence-electron chi connectivity index (χ3n) is 3.45. The predicted molar refractivity (Wildman–Crippen MR) is 74.7 cm³/mol. The first-order chi connectivity index (χ1) is 9.42. The molecule has 1 N–H and O–H groups in total. The summed E-state index contributed by atoms with van der Waals surface area (Å²) in [4.78, 5) is 4.36. The number of hydrogen-bond donors (Lipinski definition) is 1. The van der Waals surface area contributed by atoms with Gasteiger partial charge in [0.2, 0.25) is 0 Å². The molecule has 3 nitrogen and oxygen atoms in total. The summed E-state index contributed by atoms with van der Waals surface area (Å²) >= 11 is 0. The number of ether oxygens (including phenoxy) is 1. The molecular weight excluding hydrogens is 236 g/mol. The second-order valence-corrected chi connectivity index (χ2v) is 4.89. The Kier molecular flexibility index (Phi) is 3.86. The highest BCUT2D eigenvalue weighted by atomic mass is 16.5. The van der Waals surface area contributed by atoms with Crippen LogP contribution < -0.4 is 5.32 Å². The number of nitrogens with zero attached hydrogens (tertiary/aromatic N) is 1. The normalized spacial score (nSPS) is 19.3. The van der Waals surface area contributed by atoms with Crippen LogP contribution in [0.25, 0.3) is 0 Å². The standard InChI is InChI=1S/C16H18N2O/c1-2-5-13(6-3-1)9-15-11-19-12-16-14(10-18-15)7-4-8-17-16/h1-8,15,18H,9-12H2. The van der Waals surface area contributed by atoms with Crippen LogP contribution in [0.1, 0.15) is 16.8 Å². The smallest absolute Gasteiger partial charge is 0.0891 e. The summed E-state index contributed by atoms with van der Waals surface area (Å²) in [6, 6.07) is 15.0. The maximum absolute atomic E-state index is 5.76. The molecule has 1 atom stereocenters. The number of pyridine rings is 1. The zero-order valence-corrected chi connectivity index (χ0v) is 10.9. The molecule has 0 fully saturated rings. The van der Waals surface area contributed by atoms with Crippen LogP contribution in [0.5, 0.6) is 0 Å². The monoisotopic (exact) mass is 254 g/mol. The summed E-state index contributed by atoms with van der Waals surface area (Å²) in [5.41, 5.74) is 3.63. The van der Waals surface area contributed by atoms with Gasteiger partial charge in [0, 0.05) is 18.8 Å². The molecule has 1 aliphatic heterocycles. The van der Waals surface area contributed by atoms with Crippen molar-refractivity contribution >= 4 is 0 Å². The van der Waals surface area contributed by atoms with E-state index in [1.54, 1.807) is 0 Å². The van der Waals surface area contributed by atoms with E-state index in [1.807, 2.05) is 18.3 Å². The molecule has 0 amide bonds. The van der Waals surface area contributed by atoms with Crippen LogP contribution in [0.4, 0.5) is 0 Å². The van der Waals surface area contributed by atoms with Gasteiger partial charge in [0.15, 0.2) is 0 Å². The lowest BCUT2D eigenvalue weighted by Crippen LogP contribution is -2.37. The van der Waals surface area contributed by atoms with Gasteiger partial charge in [-0.1, -0.05) is 36.4 Å². The Bertz CT molecular complexity index is 527. The zero-order chi connectivity index (χ0) is 12.9. The minimum absolute atomic E-state index is 0.357. The lowest BCUT2D eigenvalue weighted by Gasteiger charge is -2.23. The molecule has 0 radical (unpaired) electrons. The highest BCUT2D eigenvalue weighted by Gasteiger charge is 2.14. The van der Waals surface area contributed by atoms with Crippen molar-refractivity contribution in [2.45, 2.75) is 25.6 Å². The van der Waals surface area contributed by atoms with Crippen LogP contribution in [0, 0.1) is 0 Å². The van der Waals surface area contributed by atoms with E-state index >= 15 is 0 Å². The van der Waals surface area contributed by atoms with Gasteiger partial charge < -0.3 is 10.1 Å². The molecule has 19 heavy (non-hydrogen) atoms. The molecule has 1 aliphatic rings. The maximum Gasteiger partial charge on any atom is 0.0891 e. The number of rotatable bonds is 2. The lowest BCUT2D eigenvalue weighted by atomic mass is 10.1. The Morgan fingerprint density at radius 1 is 1.16 bits per heavy atom. The van der Waals surface area contributed by atoms with Crippen molar-refractivity contribution in [2.24, 2.45) is 0 Å². The summed E-state index contributed by atoms with van der Waals surface area (Å²) in [7, 11) is 0. The van der Waals surface area contributed by atoms with E-state index in [2.05, 4.69) is 40.6 Å². The third kappa shape index (κ3) is 3.19. The van der Waals surface area contributed by atoms with E-state index in [9.17, 15) is 0 Å². The van der Waals surface area contributed by atoms with Crippen LogP contribution in [-0.2, 0) is 24.3 Å². The van der Waals surface area contributed by atoms with E-state index in [1.165, 1.54) is 11.1 Å². The topological polar surface area (TPSA) is 34.1 Å². The Labute approximate surface area is 113 Å². The van der Waals surface area contributed by atoms with Crippen molar-refractivity contribution in [1.82, 2.24) is 10.3 Å². The van der Waals surface area contributed by atoms with E-state index in [0.29, 0.717) is 12.6 Å². The fourth-order valence-electron chi connectivity index (χ4n) is 2.40. The molecule has 0 bridgehead atoms. The second-order valence-electron chi connectivity index (χ2n) is 4.89. The molecular formula is C16H18N2O. The van der Waals surface area contributed by atoms with Gasteiger partial charge in [-0.2, -0.15) is 0 Å². The Hall–Kier alpha value is -1.71. The molecule has 0 aliphatic carbocycles. The van der Waals surface area contributed by atoms with Crippen molar-refractivity contribution in [2.75, 3.05) is 6.61 Å².